The molecule has 5 nitrogen and oxygen atoms in total. The molecule has 2 rings (SSSR count). The fraction of sp³-hybridized carbons (Fsp3) is 0.125. The van der Waals surface area contributed by atoms with Gasteiger partial charge in [0.25, 0.3) is 0 Å². The Bertz CT molecular complexity index is 655. The molecule has 0 amide bonds. The molecule has 5 heteroatoms. The van der Waals surface area contributed by atoms with Gasteiger partial charge in [-0.25, -0.2) is 9.79 Å². The first-order chi connectivity index (χ1) is 10.1. The van der Waals surface area contributed by atoms with Gasteiger partial charge in [-0.05, 0) is 18.6 Å². The number of aliphatic imine (C=N–C) groups is 1. The zero-order valence-corrected chi connectivity index (χ0v) is 11.6. The molecule has 1 heterocycles. The van der Waals surface area contributed by atoms with Gasteiger partial charge in [0.15, 0.2) is 5.76 Å². The van der Waals surface area contributed by atoms with Crippen LogP contribution in [0.15, 0.2) is 64.5 Å². The molecule has 21 heavy (non-hydrogen) atoms. The van der Waals surface area contributed by atoms with Crippen molar-refractivity contribution in [3.63, 3.8) is 0 Å². The molecular weight excluding hydrogens is 268 g/mol. The monoisotopic (exact) mass is 284 g/mol. The van der Waals surface area contributed by atoms with Crippen molar-refractivity contribution >= 4 is 17.9 Å². The maximum Gasteiger partial charge on any atom is 0.345 e. The number of aliphatic hydroxyl groups is 1. The molecule has 0 spiro atoms. The lowest BCUT2D eigenvalue weighted by molar-refractivity contribution is -0.138. The third-order valence-corrected chi connectivity index (χ3v) is 2.80. The van der Waals surface area contributed by atoms with Gasteiger partial charge in [0.05, 0.1) is 6.61 Å². The molecule has 0 radical (unpaired) electrons. The third kappa shape index (κ3) is 3.39. The largest absolute Gasteiger partial charge is 0.505 e. The lowest BCUT2D eigenvalue weighted by Gasteiger charge is -2.02. The highest BCUT2D eigenvalue weighted by molar-refractivity contribution is 6.21. The average Bonchev–Trinajstić information content (AvgIpc) is 2.75. The van der Waals surface area contributed by atoms with Crippen LogP contribution >= 0.6 is 0 Å². The molecule has 0 atom stereocenters. The summed E-state index contributed by atoms with van der Waals surface area (Å²) in [6, 6.07) is 9.67. The summed E-state index contributed by atoms with van der Waals surface area (Å²) >= 11 is 0. The number of ether oxygens (including phenoxy) is 1. The number of carbonyl (C=O) groups is 1. The summed E-state index contributed by atoms with van der Waals surface area (Å²) in [5, 5.41) is 10.00. The van der Waals surface area contributed by atoms with E-state index >= 15 is 0 Å². The van der Waals surface area contributed by atoms with E-state index in [0.717, 1.165) is 5.56 Å². The van der Waals surface area contributed by atoms with E-state index in [0.29, 0.717) is 0 Å². The second-order valence-electron chi connectivity index (χ2n) is 4.26. The van der Waals surface area contributed by atoms with Gasteiger partial charge in [-0.2, -0.15) is 0 Å². The minimum atomic E-state index is -0.674. The van der Waals surface area contributed by atoms with Crippen LogP contribution in [0.1, 0.15) is 12.5 Å². The lowest BCUT2D eigenvalue weighted by Crippen LogP contribution is -2.21. The Labute approximate surface area is 122 Å². The Morgan fingerprint density at radius 3 is 2.76 bits per heavy atom. The van der Waals surface area contributed by atoms with Gasteiger partial charge in [-0.1, -0.05) is 42.5 Å². The summed E-state index contributed by atoms with van der Waals surface area (Å²) in [7, 11) is 0. The maximum absolute atomic E-state index is 11.7. The minimum absolute atomic E-state index is 0.0367. The molecule has 1 aliphatic rings. The molecule has 1 aliphatic heterocycles. The van der Waals surface area contributed by atoms with Crippen LogP contribution in [0.4, 0.5) is 0 Å². The van der Waals surface area contributed by atoms with Crippen LogP contribution < -0.4 is 5.73 Å². The second-order valence-corrected chi connectivity index (χ2v) is 4.26. The number of amidine groups is 1. The molecule has 0 unspecified atom stereocenters. The van der Waals surface area contributed by atoms with Crippen molar-refractivity contribution < 1.29 is 14.6 Å². The van der Waals surface area contributed by atoms with E-state index in [9.17, 15) is 9.90 Å². The summed E-state index contributed by atoms with van der Waals surface area (Å²) in [6.07, 6.45) is 5.17. The first-order valence-electron chi connectivity index (χ1n) is 6.52. The number of hydrogen-bond donors (Lipinski definition) is 2. The predicted molar refractivity (Wildman–Crippen MR) is 81.5 cm³/mol. The van der Waals surface area contributed by atoms with Gasteiger partial charge >= 0.3 is 5.97 Å². The Morgan fingerprint density at radius 1 is 1.38 bits per heavy atom. The number of aliphatic hydroxyl groups excluding tert-OH is 1. The van der Waals surface area contributed by atoms with Crippen LogP contribution in [-0.2, 0) is 9.53 Å². The van der Waals surface area contributed by atoms with Crippen LogP contribution in [0.5, 0.6) is 0 Å². The van der Waals surface area contributed by atoms with Crippen molar-refractivity contribution in [2.24, 2.45) is 10.7 Å². The molecule has 108 valence electrons. The van der Waals surface area contributed by atoms with E-state index < -0.39 is 5.97 Å². The highest BCUT2D eigenvalue weighted by Crippen LogP contribution is 2.22. The molecule has 0 bridgehead atoms. The van der Waals surface area contributed by atoms with Crippen molar-refractivity contribution in [3.05, 3.63) is 65.1 Å². The van der Waals surface area contributed by atoms with E-state index in [1.165, 1.54) is 0 Å². The summed E-state index contributed by atoms with van der Waals surface area (Å²) in [5.41, 5.74) is 6.80. The van der Waals surface area contributed by atoms with Crippen molar-refractivity contribution in [2.75, 3.05) is 6.61 Å². The topological polar surface area (TPSA) is 84.9 Å². The van der Waals surface area contributed by atoms with E-state index in [1.807, 2.05) is 36.4 Å². The van der Waals surface area contributed by atoms with Crippen molar-refractivity contribution in [1.82, 2.24) is 0 Å². The normalized spacial score (nSPS) is 16.6. The Morgan fingerprint density at radius 2 is 2.10 bits per heavy atom. The Hall–Kier alpha value is -2.82. The Kier molecular flexibility index (Phi) is 4.56. The van der Waals surface area contributed by atoms with Crippen LogP contribution in [-0.4, -0.2) is 23.5 Å². The van der Waals surface area contributed by atoms with Crippen molar-refractivity contribution in [3.8, 4) is 0 Å². The molecule has 0 aromatic heterocycles. The fourth-order valence-electron chi connectivity index (χ4n) is 1.82. The van der Waals surface area contributed by atoms with Crippen LogP contribution in [0.3, 0.4) is 0 Å². The highest BCUT2D eigenvalue weighted by Gasteiger charge is 2.28. The van der Waals surface area contributed by atoms with Gasteiger partial charge in [0, 0.05) is 0 Å². The van der Waals surface area contributed by atoms with Gasteiger partial charge in [0.2, 0.25) is 0 Å². The quantitative estimate of drug-likeness (QED) is 0.831. The minimum Gasteiger partial charge on any atom is -0.505 e. The number of rotatable bonds is 4. The number of allylic oxidation sites excluding steroid dienone is 2. The van der Waals surface area contributed by atoms with Gasteiger partial charge in [-0.3, -0.25) is 0 Å². The number of nitrogens with two attached hydrogens (primary N) is 1. The molecule has 1 aromatic carbocycles. The fourth-order valence-corrected chi connectivity index (χ4v) is 1.82. The number of hydrogen-bond acceptors (Lipinski definition) is 5. The molecule has 0 fully saturated rings. The van der Waals surface area contributed by atoms with E-state index in [-0.39, 0.29) is 29.5 Å². The standard InChI is InChI=1S/C16H16N2O3/c1-2-21-16(20)13-14(19)12(18-15(13)17)10-6-9-11-7-4-3-5-8-11/h3-10,19H,2H2,1H3,(H2,17,18)/b9-6+,12-10+. The predicted octanol–water partition coefficient (Wildman–Crippen LogP) is 2.33. The SMILES string of the molecule is CCOC(=O)C1=C(O)/C(=C\C=C\c2ccccc2)N=C1N. The smallest absolute Gasteiger partial charge is 0.345 e. The molecule has 0 aliphatic carbocycles. The van der Waals surface area contributed by atoms with E-state index in [4.69, 9.17) is 10.5 Å². The van der Waals surface area contributed by atoms with E-state index in [1.54, 1.807) is 19.1 Å². The summed E-state index contributed by atoms with van der Waals surface area (Å²) in [4.78, 5) is 15.6. The summed E-state index contributed by atoms with van der Waals surface area (Å²) in [5.74, 6) is -0.972. The lowest BCUT2D eigenvalue weighted by atomic mass is 10.2. The van der Waals surface area contributed by atoms with Crippen LogP contribution in [0.2, 0.25) is 0 Å². The first-order valence-corrected chi connectivity index (χ1v) is 6.52. The van der Waals surface area contributed by atoms with Crippen LogP contribution in [0.25, 0.3) is 6.08 Å². The maximum atomic E-state index is 11.7. The van der Waals surface area contributed by atoms with Gasteiger partial charge < -0.3 is 15.6 Å². The number of carbonyl (C=O) groups excluding carboxylic acids is 1. The van der Waals surface area contributed by atoms with Crippen LogP contribution in [0, 0.1) is 0 Å². The molecule has 3 N–H and O–H groups in total. The molecule has 0 saturated heterocycles. The molecular formula is C16H16N2O3. The Balaban J connectivity index is 2.20. The summed E-state index contributed by atoms with van der Waals surface area (Å²) in [6.45, 7) is 1.88. The first kappa shape index (κ1) is 14.6. The summed E-state index contributed by atoms with van der Waals surface area (Å²) < 4.78 is 4.83. The van der Waals surface area contributed by atoms with Gasteiger partial charge in [-0.15, -0.1) is 0 Å². The number of esters is 1. The zero-order chi connectivity index (χ0) is 15.2. The van der Waals surface area contributed by atoms with Crippen molar-refractivity contribution in [1.29, 1.82) is 0 Å². The van der Waals surface area contributed by atoms with Crippen molar-refractivity contribution in [2.45, 2.75) is 6.92 Å². The number of benzene rings is 1. The molecule has 0 saturated carbocycles. The second kappa shape index (κ2) is 6.56. The molecule has 1 aromatic rings. The number of nitrogens with zero attached hydrogens (tertiary/aromatic N) is 1. The average molecular weight is 284 g/mol. The third-order valence-electron chi connectivity index (χ3n) is 2.80. The zero-order valence-electron chi connectivity index (χ0n) is 11.6. The van der Waals surface area contributed by atoms with Gasteiger partial charge in [0.1, 0.15) is 17.1 Å². The highest BCUT2D eigenvalue weighted by atomic mass is 16.5. The van der Waals surface area contributed by atoms with E-state index in [2.05, 4.69) is 4.99 Å².